The summed E-state index contributed by atoms with van der Waals surface area (Å²) in [7, 11) is 0. The Hall–Kier alpha value is -5.44. The zero-order valence-corrected chi connectivity index (χ0v) is 25.7. The van der Waals surface area contributed by atoms with Crippen molar-refractivity contribution in [1.29, 1.82) is 5.26 Å². The topological polar surface area (TPSA) is 156 Å². The number of carbonyl (C=O) groups is 1. The molecule has 0 saturated carbocycles. The first-order chi connectivity index (χ1) is 22.2. The van der Waals surface area contributed by atoms with Crippen molar-refractivity contribution in [2.24, 2.45) is 5.73 Å². The molecule has 234 valence electrons. The van der Waals surface area contributed by atoms with E-state index < -0.39 is 23.4 Å². The molecule has 0 aromatic heterocycles. The molecule has 0 amide bonds. The molecule has 4 aromatic rings. The third kappa shape index (κ3) is 7.26. The predicted molar refractivity (Wildman–Crippen MR) is 168 cm³/mol. The van der Waals surface area contributed by atoms with Crippen molar-refractivity contribution >= 4 is 34.9 Å². The Labute approximate surface area is 273 Å². The summed E-state index contributed by atoms with van der Waals surface area (Å²) in [4.78, 5) is 22.8. The van der Waals surface area contributed by atoms with Crippen LogP contribution in [-0.2, 0) is 11.4 Å². The van der Waals surface area contributed by atoms with Crippen LogP contribution in [0.5, 0.6) is 28.7 Å². The van der Waals surface area contributed by atoms with E-state index in [2.05, 4.69) is 6.07 Å². The van der Waals surface area contributed by atoms with Crippen LogP contribution in [0, 0.1) is 21.4 Å². The third-order valence-corrected chi connectivity index (χ3v) is 7.41. The summed E-state index contributed by atoms with van der Waals surface area (Å²) in [6, 6.07) is 22.6. The molecule has 0 radical (unpaired) electrons. The third-order valence-electron chi connectivity index (χ3n) is 6.83. The summed E-state index contributed by atoms with van der Waals surface area (Å²) in [5.74, 6) is 0.191. The summed E-state index contributed by atoms with van der Waals surface area (Å²) in [5, 5.41) is 21.8. The number of nitriles is 1. The van der Waals surface area contributed by atoms with E-state index in [9.17, 15) is 20.2 Å². The molecule has 5 rings (SSSR count). The molecule has 0 fully saturated rings. The van der Waals surface area contributed by atoms with Crippen molar-refractivity contribution in [1.82, 2.24) is 0 Å². The largest absolute Gasteiger partial charge is 0.490 e. The monoisotopic (exact) mass is 661 g/mol. The van der Waals surface area contributed by atoms with Crippen molar-refractivity contribution in [3.8, 4) is 34.8 Å². The first-order valence-electron chi connectivity index (χ1n) is 13.8. The van der Waals surface area contributed by atoms with E-state index in [1.807, 2.05) is 6.92 Å². The molecule has 4 aromatic carbocycles. The molecule has 1 heterocycles. The number of nitrogens with zero attached hydrogens (tertiary/aromatic N) is 2. The van der Waals surface area contributed by atoms with Crippen LogP contribution < -0.4 is 29.4 Å². The van der Waals surface area contributed by atoms with Crippen LogP contribution in [0.3, 0.4) is 0 Å². The van der Waals surface area contributed by atoms with Gasteiger partial charge < -0.3 is 29.4 Å². The predicted octanol–water partition coefficient (Wildman–Crippen LogP) is 7.08. The molecule has 1 unspecified atom stereocenters. The van der Waals surface area contributed by atoms with Gasteiger partial charge in [-0.2, -0.15) is 5.26 Å². The normalized spacial score (nSPS) is 13.6. The first kappa shape index (κ1) is 32.0. The van der Waals surface area contributed by atoms with Gasteiger partial charge in [0.05, 0.1) is 17.4 Å². The summed E-state index contributed by atoms with van der Waals surface area (Å²) in [6.07, 6.45) is 0. The molecule has 46 heavy (non-hydrogen) atoms. The molecular weight excluding hydrogens is 637 g/mol. The lowest BCUT2D eigenvalue weighted by Gasteiger charge is -2.27. The minimum Gasteiger partial charge on any atom is -0.490 e. The lowest BCUT2D eigenvalue weighted by Crippen LogP contribution is -2.22. The smallest absolute Gasteiger partial charge is 0.349 e. The average Bonchev–Trinajstić information content (AvgIpc) is 3.03. The number of ether oxygens (including phenoxy) is 5. The highest BCUT2D eigenvalue weighted by molar-refractivity contribution is 6.35. The molecule has 11 nitrogen and oxygen atoms in total. The van der Waals surface area contributed by atoms with Crippen LogP contribution in [0.4, 0.5) is 5.69 Å². The van der Waals surface area contributed by atoms with E-state index >= 15 is 0 Å². The number of nitro benzene ring substituents is 1. The molecule has 13 heteroatoms. The number of hydrogen-bond acceptors (Lipinski definition) is 10. The van der Waals surface area contributed by atoms with Gasteiger partial charge in [-0.3, -0.25) is 10.1 Å². The molecule has 1 aliphatic rings. The minimum absolute atomic E-state index is 0.0966. The van der Waals surface area contributed by atoms with Crippen molar-refractivity contribution in [3.05, 3.63) is 127 Å². The number of non-ortho nitro benzene ring substituents is 1. The van der Waals surface area contributed by atoms with E-state index in [4.69, 9.17) is 52.6 Å². The maximum Gasteiger partial charge on any atom is 0.349 e. The van der Waals surface area contributed by atoms with Crippen LogP contribution in [0.2, 0.25) is 10.0 Å². The Morgan fingerprint density at radius 2 is 1.74 bits per heavy atom. The number of esters is 1. The van der Waals surface area contributed by atoms with E-state index in [-0.39, 0.29) is 35.2 Å². The Morgan fingerprint density at radius 1 is 0.978 bits per heavy atom. The number of allylic oxidation sites excluding steroid dienone is 1. The molecule has 0 aliphatic carbocycles. The quantitative estimate of drug-likeness (QED) is 0.0762. The van der Waals surface area contributed by atoms with Crippen LogP contribution >= 0.6 is 23.2 Å². The van der Waals surface area contributed by atoms with Crippen molar-refractivity contribution in [2.75, 3.05) is 13.2 Å². The van der Waals surface area contributed by atoms with E-state index in [1.165, 1.54) is 30.3 Å². The van der Waals surface area contributed by atoms with E-state index in [0.29, 0.717) is 45.0 Å². The highest BCUT2D eigenvalue weighted by atomic mass is 35.5. The number of benzene rings is 4. The molecule has 0 spiro atoms. The van der Waals surface area contributed by atoms with E-state index in [1.54, 1.807) is 48.5 Å². The van der Waals surface area contributed by atoms with Crippen LogP contribution in [0.25, 0.3) is 0 Å². The molecule has 0 saturated heterocycles. The van der Waals surface area contributed by atoms with Gasteiger partial charge in [0.25, 0.3) is 5.69 Å². The Balaban J connectivity index is 1.35. The molecular formula is C33H25Cl2N3O8. The minimum atomic E-state index is -0.719. The van der Waals surface area contributed by atoms with Gasteiger partial charge in [0, 0.05) is 39.4 Å². The Kier molecular flexibility index (Phi) is 9.81. The Morgan fingerprint density at radius 3 is 2.43 bits per heavy atom. The second-order valence-electron chi connectivity index (χ2n) is 9.80. The number of nitro groups is 1. The number of halogens is 2. The highest BCUT2D eigenvalue weighted by Crippen LogP contribution is 2.45. The lowest BCUT2D eigenvalue weighted by atomic mass is 9.83. The van der Waals surface area contributed by atoms with Gasteiger partial charge in [-0.25, -0.2) is 4.79 Å². The zero-order valence-electron chi connectivity index (χ0n) is 24.2. The fraction of sp³-hybridized carbons (Fsp3) is 0.152. The van der Waals surface area contributed by atoms with Gasteiger partial charge in [0.2, 0.25) is 5.88 Å². The highest BCUT2D eigenvalue weighted by Gasteiger charge is 2.32. The van der Waals surface area contributed by atoms with Crippen LogP contribution in [0.15, 0.2) is 90.3 Å². The van der Waals surface area contributed by atoms with Gasteiger partial charge >= 0.3 is 5.97 Å². The fourth-order valence-electron chi connectivity index (χ4n) is 4.70. The van der Waals surface area contributed by atoms with Crippen molar-refractivity contribution in [2.45, 2.75) is 19.4 Å². The summed E-state index contributed by atoms with van der Waals surface area (Å²) < 4.78 is 28.5. The van der Waals surface area contributed by atoms with E-state index in [0.717, 1.165) is 5.56 Å². The van der Waals surface area contributed by atoms with Gasteiger partial charge in [-0.05, 0) is 55.0 Å². The van der Waals surface area contributed by atoms with Crippen molar-refractivity contribution in [3.63, 3.8) is 0 Å². The molecule has 0 bridgehead atoms. The fourth-order valence-corrected chi connectivity index (χ4v) is 5.16. The summed E-state index contributed by atoms with van der Waals surface area (Å²) in [6.45, 7) is 1.93. The molecule has 1 aliphatic heterocycles. The summed E-state index contributed by atoms with van der Waals surface area (Å²) >= 11 is 12.3. The Bertz CT molecular complexity index is 1870. The van der Waals surface area contributed by atoms with Gasteiger partial charge in [-0.15, -0.1) is 0 Å². The zero-order chi connectivity index (χ0) is 32.8. The number of hydrogen-bond donors (Lipinski definition) is 1. The second-order valence-corrected chi connectivity index (χ2v) is 10.6. The molecule has 1 atom stereocenters. The number of fused-ring (bicyclic) bond motifs is 1. The van der Waals surface area contributed by atoms with Gasteiger partial charge in [0.1, 0.15) is 35.5 Å². The first-order valence-corrected chi connectivity index (χ1v) is 14.5. The maximum atomic E-state index is 12.5. The maximum absolute atomic E-state index is 12.5. The van der Waals surface area contributed by atoms with Gasteiger partial charge in [0.15, 0.2) is 18.1 Å². The van der Waals surface area contributed by atoms with Crippen LogP contribution in [-0.4, -0.2) is 24.1 Å². The lowest BCUT2D eigenvalue weighted by molar-refractivity contribution is -0.384. The van der Waals surface area contributed by atoms with Gasteiger partial charge in [-0.1, -0.05) is 41.4 Å². The number of rotatable bonds is 11. The number of carbonyl (C=O) groups excluding carboxylic acids is 1. The van der Waals surface area contributed by atoms with Crippen molar-refractivity contribution < 1.29 is 33.4 Å². The van der Waals surface area contributed by atoms with Crippen LogP contribution in [0.1, 0.15) is 29.5 Å². The average molecular weight is 662 g/mol. The standard InChI is InChI=1S/C33H25Cl2N3O8/c1-2-42-30-13-19(4-12-28(30)44-17-20-3-5-21(34)14-27(20)35)32-25-11-10-24(15-29(25)46-33(37)26(32)16-36)45-31(39)18-43-23-8-6-22(7-9-23)38(40)41/h3-15,32H,2,17-18,37H2,1H3. The SMILES string of the molecule is CCOc1cc(C2C(C#N)=C(N)Oc3cc(OC(=O)COc4ccc([N+](=O)[O-])cc4)ccc32)ccc1OCc1ccc(Cl)cc1Cl. The second kappa shape index (κ2) is 14.1. The number of nitrogens with two attached hydrogens (primary N) is 1. The summed E-state index contributed by atoms with van der Waals surface area (Å²) in [5.41, 5.74) is 8.30. The molecule has 2 N–H and O–H groups in total.